The molecule has 0 atom stereocenters. The van der Waals surface area contributed by atoms with E-state index in [0.717, 1.165) is 24.1 Å². The molecule has 1 aromatic heterocycles. The zero-order chi connectivity index (χ0) is 15.1. The van der Waals surface area contributed by atoms with Gasteiger partial charge in [0.15, 0.2) is 5.78 Å². The van der Waals surface area contributed by atoms with E-state index < -0.39 is 0 Å². The van der Waals surface area contributed by atoms with Gasteiger partial charge in [0.05, 0.1) is 30.7 Å². The average molecular weight is 287 g/mol. The maximum absolute atomic E-state index is 12.8. The highest BCUT2D eigenvalue weighted by Gasteiger charge is 2.26. The Bertz CT molecular complexity index is 804. The van der Waals surface area contributed by atoms with Gasteiger partial charge in [-0.25, -0.2) is 0 Å². The Morgan fingerprint density at radius 1 is 1.10 bits per heavy atom. The van der Waals surface area contributed by atoms with Gasteiger partial charge in [-0.3, -0.25) is 9.59 Å². The van der Waals surface area contributed by atoms with Gasteiger partial charge in [0.25, 0.3) is 0 Å². The van der Waals surface area contributed by atoms with Crippen molar-refractivity contribution in [3.05, 3.63) is 33.6 Å². The first kappa shape index (κ1) is 13.7. The number of benzene rings is 1. The molecule has 0 spiro atoms. The van der Waals surface area contributed by atoms with E-state index in [1.807, 2.05) is 11.6 Å². The molecule has 0 fully saturated rings. The van der Waals surface area contributed by atoms with Crippen LogP contribution < -0.4 is 14.9 Å². The number of hydrogen-bond donors (Lipinski definition) is 0. The summed E-state index contributed by atoms with van der Waals surface area (Å²) in [6.45, 7) is 0. The number of pyridine rings is 1. The second-order valence-electron chi connectivity index (χ2n) is 5.21. The predicted octanol–water partition coefficient (Wildman–Crippen LogP) is 2.07. The van der Waals surface area contributed by atoms with Gasteiger partial charge in [-0.15, -0.1) is 0 Å². The summed E-state index contributed by atoms with van der Waals surface area (Å²) >= 11 is 0. The van der Waals surface area contributed by atoms with Crippen LogP contribution in [0.15, 0.2) is 16.9 Å². The number of aromatic nitrogens is 1. The van der Waals surface area contributed by atoms with Crippen LogP contribution in [0.25, 0.3) is 10.9 Å². The lowest BCUT2D eigenvalue weighted by molar-refractivity contribution is 0.0970. The number of ether oxygens (including phenoxy) is 2. The van der Waals surface area contributed by atoms with E-state index in [2.05, 4.69) is 0 Å². The van der Waals surface area contributed by atoms with Crippen molar-refractivity contribution in [1.29, 1.82) is 0 Å². The van der Waals surface area contributed by atoms with Gasteiger partial charge >= 0.3 is 0 Å². The van der Waals surface area contributed by atoms with Crippen molar-refractivity contribution in [2.45, 2.75) is 19.3 Å². The highest BCUT2D eigenvalue weighted by Crippen LogP contribution is 2.31. The number of ketones is 1. The maximum Gasteiger partial charge on any atom is 0.204 e. The highest BCUT2D eigenvalue weighted by atomic mass is 16.5. The van der Waals surface area contributed by atoms with Gasteiger partial charge in [0.2, 0.25) is 5.43 Å². The fourth-order valence-corrected chi connectivity index (χ4v) is 3.04. The lowest BCUT2D eigenvalue weighted by Crippen LogP contribution is -2.27. The number of rotatable bonds is 2. The van der Waals surface area contributed by atoms with Crippen LogP contribution in [-0.4, -0.2) is 24.6 Å². The van der Waals surface area contributed by atoms with Crippen LogP contribution in [0.1, 0.15) is 28.9 Å². The Labute approximate surface area is 122 Å². The van der Waals surface area contributed by atoms with Gasteiger partial charge in [0.1, 0.15) is 11.5 Å². The molecule has 1 aliphatic rings. The van der Waals surface area contributed by atoms with E-state index in [0.29, 0.717) is 28.9 Å². The van der Waals surface area contributed by atoms with Crippen molar-refractivity contribution in [1.82, 2.24) is 4.57 Å². The number of hydrogen-bond acceptors (Lipinski definition) is 4. The number of carbonyl (C=O) groups excluding carboxylic acids is 1. The molecule has 3 rings (SSSR count). The molecule has 0 aliphatic heterocycles. The van der Waals surface area contributed by atoms with E-state index >= 15 is 0 Å². The minimum absolute atomic E-state index is 0.0726. The summed E-state index contributed by atoms with van der Waals surface area (Å²) in [6.07, 6.45) is 1.96. The number of Topliss-reactive ketones (excluding diaryl/α,β-unsaturated/α-hetero) is 1. The number of nitrogens with zero attached hydrogens (tertiary/aromatic N) is 1. The van der Waals surface area contributed by atoms with Gasteiger partial charge in [-0.05, 0) is 12.8 Å². The van der Waals surface area contributed by atoms with Crippen molar-refractivity contribution in [2.75, 3.05) is 14.2 Å². The van der Waals surface area contributed by atoms with Gasteiger partial charge < -0.3 is 14.0 Å². The Morgan fingerprint density at radius 2 is 1.86 bits per heavy atom. The van der Waals surface area contributed by atoms with Crippen LogP contribution in [0.3, 0.4) is 0 Å². The number of methoxy groups -OCH3 is 2. The van der Waals surface area contributed by atoms with Crippen molar-refractivity contribution < 1.29 is 14.3 Å². The van der Waals surface area contributed by atoms with Gasteiger partial charge in [-0.1, -0.05) is 0 Å². The summed E-state index contributed by atoms with van der Waals surface area (Å²) in [4.78, 5) is 24.9. The van der Waals surface area contributed by atoms with Crippen molar-refractivity contribution in [2.24, 2.45) is 7.05 Å². The largest absolute Gasteiger partial charge is 0.497 e. The zero-order valence-electron chi connectivity index (χ0n) is 12.4. The first-order valence-corrected chi connectivity index (χ1v) is 6.89. The molecule has 110 valence electrons. The van der Waals surface area contributed by atoms with Crippen molar-refractivity contribution in [3.8, 4) is 11.5 Å². The third-order valence-electron chi connectivity index (χ3n) is 4.12. The average Bonchev–Trinajstić information content (AvgIpc) is 2.51. The second kappa shape index (κ2) is 4.91. The lowest BCUT2D eigenvalue weighted by Gasteiger charge is -2.21. The molecule has 5 nitrogen and oxygen atoms in total. The van der Waals surface area contributed by atoms with E-state index in [1.165, 1.54) is 7.11 Å². The molecule has 2 aromatic rings. The molecule has 21 heavy (non-hydrogen) atoms. The van der Waals surface area contributed by atoms with Crippen LogP contribution in [0.2, 0.25) is 0 Å². The Morgan fingerprint density at radius 3 is 2.52 bits per heavy atom. The molecule has 1 aromatic carbocycles. The highest BCUT2D eigenvalue weighted by molar-refractivity contribution is 6.02. The molecule has 0 amide bonds. The summed E-state index contributed by atoms with van der Waals surface area (Å²) in [6, 6.07) is 3.47. The molecule has 5 heteroatoms. The molecule has 0 saturated heterocycles. The molecular formula is C16H17NO4. The van der Waals surface area contributed by atoms with Gasteiger partial charge in [-0.2, -0.15) is 0 Å². The van der Waals surface area contributed by atoms with Crippen LogP contribution >= 0.6 is 0 Å². The van der Waals surface area contributed by atoms with Crippen molar-refractivity contribution in [3.63, 3.8) is 0 Å². The number of aryl methyl sites for hydroxylation is 1. The van der Waals surface area contributed by atoms with Crippen LogP contribution in [-0.2, 0) is 13.5 Å². The topological polar surface area (TPSA) is 57.5 Å². The first-order valence-electron chi connectivity index (χ1n) is 6.89. The van der Waals surface area contributed by atoms with Crippen LogP contribution in [0.5, 0.6) is 11.5 Å². The van der Waals surface area contributed by atoms with Crippen molar-refractivity contribution >= 4 is 16.7 Å². The standard InChI is InChI=1S/C16H17NO4/c1-17-10-5-4-6-12(18)14(10)16(19)15-11(17)7-9(20-2)8-13(15)21-3/h7-8H,4-6H2,1-3H3. The zero-order valence-corrected chi connectivity index (χ0v) is 12.4. The SMILES string of the molecule is COc1cc(OC)c2c(=O)c3c(n(C)c2c1)CCCC3=O. The monoisotopic (exact) mass is 287 g/mol. The fourth-order valence-electron chi connectivity index (χ4n) is 3.04. The number of fused-ring (bicyclic) bond motifs is 2. The summed E-state index contributed by atoms with van der Waals surface area (Å²) in [5.41, 5.74) is 1.62. The Kier molecular flexibility index (Phi) is 3.20. The van der Waals surface area contributed by atoms with E-state index in [1.54, 1.807) is 19.2 Å². The third-order valence-corrected chi connectivity index (χ3v) is 4.12. The molecule has 1 heterocycles. The maximum atomic E-state index is 12.8. The lowest BCUT2D eigenvalue weighted by atomic mass is 9.92. The summed E-state index contributed by atoms with van der Waals surface area (Å²) in [5, 5.41) is 0.440. The third kappa shape index (κ3) is 1.92. The summed E-state index contributed by atoms with van der Waals surface area (Å²) in [7, 11) is 4.95. The smallest absolute Gasteiger partial charge is 0.204 e. The minimum Gasteiger partial charge on any atom is -0.497 e. The number of carbonyl (C=O) groups is 1. The Balaban J connectivity index is 2.51. The van der Waals surface area contributed by atoms with Crippen LogP contribution in [0, 0.1) is 0 Å². The normalized spacial score (nSPS) is 14.1. The fraction of sp³-hybridized carbons (Fsp3) is 0.375. The van der Waals surface area contributed by atoms with E-state index in [4.69, 9.17) is 9.47 Å². The van der Waals surface area contributed by atoms with E-state index in [9.17, 15) is 9.59 Å². The second-order valence-corrected chi connectivity index (χ2v) is 5.21. The predicted molar refractivity (Wildman–Crippen MR) is 79.6 cm³/mol. The summed E-state index contributed by atoms with van der Waals surface area (Å²) < 4.78 is 12.5. The molecule has 0 N–H and O–H groups in total. The molecule has 1 aliphatic carbocycles. The molecule has 0 radical (unpaired) electrons. The van der Waals surface area contributed by atoms with E-state index in [-0.39, 0.29) is 11.2 Å². The Hall–Kier alpha value is -2.30. The molecular weight excluding hydrogens is 270 g/mol. The summed E-state index contributed by atoms with van der Waals surface area (Å²) in [5.74, 6) is 0.985. The quantitative estimate of drug-likeness (QED) is 0.848. The molecule has 0 unspecified atom stereocenters. The minimum atomic E-state index is -0.234. The molecule has 0 bridgehead atoms. The molecule has 0 saturated carbocycles. The van der Waals surface area contributed by atoms with Crippen LogP contribution in [0.4, 0.5) is 0 Å². The first-order chi connectivity index (χ1) is 10.1. The van der Waals surface area contributed by atoms with Gasteiger partial charge in [0, 0.05) is 31.3 Å².